The van der Waals surface area contributed by atoms with Gasteiger partial charge in [0.15, 0.2) is 0 Å². The fourth-order valence-electron chi connectivity index (χ4n) is 3.00. The Hall–Kier alpha value is -2.60. The van der Waals surface area contributed by atoms with Crippen LogP contribution in [-0.2, 0) is 16.1 Å². The van der Waals surface area contributed by atoms with Gasteiger partial charge in [0, 0.05) is 43.4 Å². The molecule has 0 aromatic heterocycles. The van der Waals surface area contributed by atoms with E-state index in [9.17, 15) is 14.0 Å². The molecule has 0 unspecified atom stereocenters. The van der Waals surface area contributed by atoms with E-state index in [4.69, 9.17) is 11.6 Å². The van der Waals surface area contributed by atoms with E-state index in [0.717, 1.165) is 11.3 Å². The van der Waals surface area contributed by atoms with Crippen molar-refractivity contribution in [2.24, 2.45) is 0 Å². The Morgan fingerprint density at radius 1 is 1.04 bits per heavy atom. The van der Waals surface area contributed by atoms with Crippen LogP contribution in [0.5, 0.6) is 0 Å². The lowest BCUT2D eigenvalue weighted by Gasteiger charge is -2.36. The number of amides is 2. The topological polar surface area (TPSA) is 52.7 Å². The fourth-order valence-corrected chi connectivity index (χ4v) is 3.19. The van der Waals surface area contributed by atoms with Gasteiger partial charge in [-0.2, -0.15) is 0 Å². The number of hydrogen-bond donors (Lipinski definition) is 1. The lowest BCUT2D eigenvalue weighted by atomic mass is 10.2. The van der Waals surface area contributed by atoms with Crippen LogP contribution >= 0.6 is 11.6 Å². The summed E-state index contributed by atoms with van der Waals surface area (Å²) in [6, 6.07) is 13.5. The molecule has 5 nitrogen and oxygen atoms in total. The number of carbonyl (C=O) groups is 2. The molecule has 1 saturated heterocycles. The standard InChI is InChI=1S/C20H21ClFN3O2/c21-16-2-1-3-18(12-16)24-8-10-25(11-9-24)20(27)13-19(26)23-14-15-4-6-17(22)7-5-15/h1-7,12H,8-11,13-14H2,(H,23,26). The summed E-state index contributed by atoms with van der Waals surface area (Å²) in [6.45, 7) is 2.80. The van der Waals surface area contributed by atoms with Crippen molar-refractivity contribution in [3.63, 3.8) is 0 Å². The number of anilines is 1. The van der Waals surface area contributed by atoms with E-state index < -0.39 is 0 Å². The van der Waals surface area contributed by atoms with Crippen molar-refractivity contribution in [2.75, 3.05) is 31.1 Å². The van der Waals surface area contributed by atoms with E-state index in [-0.39, 0.29) is 30.6 Å². The maximum absolute atomic E-state index is 12.9. The number of carbonyl (C=O) groups excluding carboxylic acids is 2. The van der Waals surface area contributed by atoms with E-state index in [1.165, 1.54) is 12.1 Å². The molecule has 142 valence electrons. The summed E-state index contributed by atoms with van der Waals surface area (Å²) in [6.07, 6.45) is -0.182. The average Bonchev–Trinajstić information content (AvgIpc) is 2.67. The first-order valence-electron chi connectivity index (χ1n) is 8.81. The molecule has 0 atom stereocenters. The van der Waals surface area contributed by atoms with Gasteiger partial charge in [0.25, 0.3) is 0 Å². The Kier molecular flexibility index (Phi) is 6.29. The molecule has 2 amide bonds. The first-order chi connectivity index (χ1) is 13.0. The minimum Gasteiger partial charge on any atom is -0.368 e. The molecule has 7 heteroatoms. The second-order valence-corrected chi connectivity index (χ2v) is 6.86. The van der Waals surface area contributed by atoms with Gasteiger partial charge in [-0.15, -0.1) is 0 Å². The summed E-state index contributed by atoms with van der Waals surface area (Å²) < 4.78 is 12.9. The second-order valence-electron chi connectivity index (χ2n) is 6.43. The van der Waals surface area contributed by atoms with Gasteiger partial charge in [-0.25, -0.2) is 4.39 Å². The molecule has 0 saturated carbocycles. The molecule has 0 spiro atoms. The Balaban J connectivity index is 1.43. The van der Waals surface area contributed by atoms with Crippen LogP contribution in [-0.4, -0.2) is 42.9 Å². The van der Waals surface area contributed by atoms with Gasteiger partial charge in [0.1, 0.15) is 12.2 Å². The SMILES string of the molecule is O=C(CC(=O)N1CCN(c2cccc(Cl)c2)CC1)NCc1ccc(F)cc1. The molecule has 0 aliphatic carbocycles. The number of hydrogen-bond acceptors (Lipinski definition) is 3. The molecule has 2 aromatic carbocycles. The predicted molar refractivity (Wildman–Crippen MR) is 103 cm³/mol. The molecular weight excluding hydrogens is 369 g/mol. The van der Waals surface area contributed by atoms with Crippen molar-refractivity contribution < 1.29 is 14.0 Å². The van der Waals surface area contributed by atoms with Crippen LogP contribution in [0.2, 0.25) is 5.02 Å². The highest BCUT2D eigenvalue weighted by atomic mass is 35.5. The van der Waals surface area contributed by atoms with Gasteiger partial charge in [0.05, 0.1) is 0 Å². The minimum absolute atomic E-state index is 0.182. The Morgan fingerprint density at radius 2 is 1.74 bits per heavy atom. The van der Waals surface area contributed by atoms with Crippen molar-refractivity contribution in [3.05, 3.63) is 64.9 Å². The number of rotatable bonds is 5. The molecule has 2 aromatic rings. The number of benzene rings is 2. The molecule has 1 fully saturated rings. The zero-order valence-electron chi connectivity index (χ0n) is 14.8. The van der Waals surface area contributed by atoms with Crippen LogP contribution in [0.3, 0.4) is 0 Å². The molecule has 1 aliphatic heterocycles. The van der Waals surface area contributed by atoms with Gasteiger partial charge in [-0.1, -0.05) is 29.8 Å². The normalized spacial score (nSPS) is 14.1. The van der Waals surface area contributed by atoms with Crippen LogP contribution in [0.1, 0.15) is 12.0 Å². The van der Waals surface area contributed by atoms with Crippen LogP contribution in [0.15, 0.2) is 48.5 Å². The summed E-state index contributed by atoms with van der Waals surface area (Å²) in [5.74, 6) is -0.837. The van der Waals surface area contributed by atoms with E-state index in [1.54, 1.807) is 17.0 Å². The van der Waals surface area contributed by atoms with E-state index in [1.807, 2.05) is 24.3 Å². The van der Waals surface area contributed by atoms with Crippen molar-refractivity contribution in [1.82, 2.24) is 10.2 Å². The van der Waals surface area contributed by atoms with Crippen molar-refractivity contribution in [2.45, 2.75) is 13.0 Å². The van der Waals surface area contributed by atoms with Crippen molar-refractivity contribution in [1.29, 1.82) is 0 Å². The van der Waals surface area contributed by atoms with Crippen molar-refractivity contribution in [3.8, 4) is 0 Å². The highest BCUT2D eigenvalue weighted by Crippen LogP contribution is 2.20. The first-order valence-corrected chi connectivity index (χ1v) is 9.18. The number of nitrogens with one attached hydrogen (secondary N) is 1. The molecule has 27 heavy (non-hydrogen) atoms. The summed E-state index contributed by atoms with van der Waals surface area (Å²) in [7, 11) is 0. The van der Waals surface area contributed by atoms with Gasteiger partial charge in [-0.05, 0) is 35.9 Å². The molecule has 1 aliphatic rings. The predicted octanol–water partition coefficient (Wildman–Crippen LogP) is 2.83. The van der Waals surface area contributed by atoms with E-state index in [2.05, 4.69) is 10.2 Å². The molecule has 0 bridgehead atoms. The smallest absolute Gasteiger partial charge is 0.232 e. The third-order valence-corrected chi connectivity index (χ3v) is 4.76. The summed E-state index contributed by atoms with van der Waals surface area (Å²) in [4.78, 5) is 28.2. The minimum atomic E-state index is -0.332. The highest BCUT2D eigenvalue weighted by Gasteiger charge is 2.23. The monoisotopic (exact) mass is 389 g/mol. The van der Waals surface area contributed by atoms with Crippen LogP contribution in [0.4, 0.5) is 10.1 Å². The maximum Gasteiger partial charge on any atom is 0.232 e. The Labute approximate surface area is 162 Å². The largest absolute Gasteiger partial charge is 0.368 e. The molecular formula is C20H21ClFN3O2. The zero-order chi connectivity index (χ0) is 19.2. The van der Waals surface area contributed by atoms with Gasteiger partial charge < -0.3 is 15.1 Å². The van der Waals surface area contributed by atoms with Crippen LogP contribution in [0.25, 0.3) is 0 Å². The highest BCUT2D eigenvalue weighted by molar-refractivity contribution is 6.30. The number of nitrogens with zero attached hydrogens (tertiary/aromatic N) is 2. The van der Waals surface area contributed by atoms with Gasteiger partial charge in [0.2, 0.25) is 11.8 Å². The fraction of sp³-hybridized carbons (Fsp3) is 0.300. The summed E-state index contributed by atoms with van der Waals surface area (Å²) in [5.41, 5.74) is 1.82. The first kappa shape index (κ1) is 19.2. The van der Waals surface area contributed by atoms with Crippen LogP contribution in [0, 0.1) is 5.82 Å². The second kappa shape index (κ2) is 8.86. The average molecular weight is 390 g/mol. The van der Waals surface area contributed by atoms with Gasteiger partial charge >= 0.3 is 0 Å². The number of halogens is 2. The molecule has 0 radical (unpaired) electrons. The molecule has 3 rings (SSSR count). The van der Waals surface area contributed by atoms with E-state index in [0.29, 0.717) is 31.2 Å². The maximum atomic E-state index is 12.9. The van der Waals surface area contributed by atoms with Crippen molar-refractivity contribution >= 4 is 29.1 Å². The van der Waals surface area contributed by atoms with Crippen LogP contribution < -0.4 is 10.2 Å². The summed E-state index contributed by atoms with van der Waals surface area (Å²) >= 11 is 6.03. The lowest BCUT2D eigenvalue weighted by Crippen LogP contribution is -2.49. The zero-order valence-corrected chi connectivity index (χ0v) is 15.6. The lowest BCUT2D eigenvalue weighted by molar-refractivity contribution is -0.136. The Morgan fingerprint density at radius 3 is 2.41 bits per heavy atom. The van der Waals surface area contributed by atoms with E-state index >= 15 is 0 Å². The molecule has 1 heterocycles. The Bertz CT molecular complexity index is 805. The third-order valence-electron chi connectivity index (χ3n) is 4.52. The molecule has 1 N–H and O–H groups in total. The van der Waals surface area contributed by atoms with Gasteiger partial charge in [-0.3, -0.25) is 9.59 Å². The quantitative estimate of drug-likeness (QED) is 0.800. The third kappa shape index (κ3) is 5.44. The summed E-state index contributed by atoms with van der Waals surface area (Å²) in [5, 5.41) is 3.38. The number of piperazine rings is 1.